The van der Waals surface area contributed by atoms with Crippen LogP contribution in [0.5, 0.6) is 5.75 Å². The average molecular weight is 381 g/mol. The third kappa shape index (κ3) is 5.91. The Morgan fingerprint density at radius 3 is 2.30 bits per heavy atom. The predicted octanol–water partition coefficient (Wildman–Crippen LogP) is 2.75. The molecule has 0 radical (unpaired) electrons. The number of nitrogens with one attached hydrogen (secondary N) is 2. The van der Waals surface area contributed by atoms with Crippen molar-refractivity contribution in [1.29, 1.82) is 0 Å². The number of benzene rings is 2. The molecule has 0 spiro atoms. The summed E-state index contributed by atoms with van der Waals surface area (Å²) in [6, 6.07) is 10.2. The van der Waals surface area contributed by atoms with E-state index >= 15 is 0 Å². The predicted molar refractivity (Wildman–Crippen MR) is 94.3 cm³/mol. The Labute approximate surface area is 153 Å². The van der Waals surface area contributed by atoms with E-state index in [1.807, 2.05) is 43.3 Å². The molecule has 0 saturated carbocycles. The van der Waals surface area contributed by atoms with Gasteiger partial charge < -0.3 is 20.3 Å². The molecule has 144 valence electrons. The van der Waals surface area contributed by atoms with Gasteiger partial charge in [-0.2, -0.15) is 8.78 Å². The first-order valence-corrected chi connectivity index (χ1v) is 7.86. The Morgan fingerprint density at radius 1 is 1.07 bits per heavy atom. The fraction of sp³-hybridized carbons (Fsp3) is 0.222. The number of amides is 2. The lowest BCUT2D eigenvalue weighted by atomic mass is 10.2. The minimum absolute atomic E-state index is 0.0652. The summed E-state index contributed by atoms with van der Waals surface area (Å²) in [5.41, 5.74) is 1.72. The second-order valence-corrected chi connectivity index (χ2v) is 5.72. The summed E-state index contributed by atoms with van der Waals surface area (Å²) in [6.45, 7) is -3.03. The van der Waals surface area contributed by atoms with Crippen molar-refractivity contribution in [2.45, 2.75) is 13.2 Å². The molecule has 9 heteroatoms. The van der Waals surface area contributed by atoms with Gasteiger partial charge in [0.15, 0.2) is 11.6 Å². The van der Waals surface area contributed by atoms with Crippen LogP contribution >= 0.6 is 0 Å². The maximum Gasteiger partial charge on any atom is 0.387 e. The van der Waals surface area contributed by atoms with Crippen molar-refractivity contribution in [2.75, 3.05) is 24.3 Å². The molecule has 0 bridgehead atoms. The van der Waals surface area contributed by atoms with Gasteiger partial charge in [0.05, 0.1) is 0 Å². The van der Waals surface area contributed by atoms with E-state index in [1.54, 1.807) is 0 Å². The van der Waals surface area contributed by atoms with Gasteiger partial charge in [-0.15, -0.1) is 0 Å². The molecule has 6 nitrogen and oxygen atoms in total. The lowest BCUT2D eigenvalue weighted by Gasteiger charge is -2.13. The molecule has 27 heavy (non-hydrogen) atoms. The largest absolute Gasteiger partial charge is 0.432 e. The number of hydrogen-bond donors (Lipinski definition) is 2. The van der Waals surface area contributed by atoms with Crippen LogP contribution in [0.4, 0.5) is 24.5 Å². The topological polar surface area (TPSA) is 70.7 Å². The Balaban J connectivity index is 1.90. The smallest absolute Gasteiger partial charge is 0.387 e. The number of ether oxygens (including phenoxy) is 1. The standard InChI is InChI=1S/C18H18F3N3O3/c1-24(2)13-6-3-11(4-7-13)10-22-16(25)17(26)23-12-5-8-15(14(19)9-12)27-18(20)21/h3-9,18H,10H2,1-2H3,(H,22,25)(H,23,26). The van der Waals surface area contributed by atoms with E-state index in [2.05, 4.69) is 15.4 Å². The summed E-state index contributed by atoms with van der Waals surface area (Å²) >= 11 is 0. The molecule has 2 aromatic carbocycles. The first-order valence-electron chi connectivity index (χ1n) is 7.86. The Hall–Kier alpha value is -3.23. The van der Waals surface area contributed by atoms with E-state index in [9.17, 15) is 22.8 Å². The zero-order chi connectivity index (χ0) is 20.0. The van der Waals surface area contributed by atoms with Crippen LogP contribution in [0, 0.1) is 5.82 Å². The second-order valence-electron chi connectivity index (χ2n) is 5.72. The van der Waals surface area contributed by atoms with Crippen molar-refractivity contribution in [3.05, 3.63) is 53.8 Å². The highest BCUT2D eigenvalue weighted by molar-refractivity contribution is 6.39. The summed E-state index contributed by atoms with van der Waals surface area (Å²) in [5.74, 6) is -3.68. The highest BCUT2D eigenvalue weighted by Crippen LogP contribution is 2.22. The van der Waals surface area contributed by atoms with Crippen molar-refractivity contribution in [3.8, 4) is 5.75 Å². The van der Waals surface area contributed by atoms with E-state index in [0.717, 1.165) is 29.4 Å². The highest BCUT2D eigenvalue weighted by atomic mass is 19.3. The summed E-state index contributed by atoms with van der Waals surface area (Å²) in [6.07, 6.45) is 0. The molecular weight excluding hydrogens is 363 g/mol. The summed E-state index contributed by atoms with van der Waals surface area (Å²) < 4.78 is 41.7. The fourth-order valence-corrected chi connectivity index (χ4v) is 2.13. The van der Waals surface area contributed by atoms with Gasteiger partial charge in [-0.3, -0.25) is 9.59 Å². The normalized spacial score (nSPS) is 10.4. The number of carbonyl (C=O) groups is 2. The number of nitrogens with zero attached hydrogens (tertiary/aromatic N) is 1. The average Bonchev–Trinajstić information content (AvgIpc) is 2.62. The molecule has 0 saturated heterocycles. The fourth-order valence-electron chi connectivity index (χ4n) is 2.13. The van der Waals surface area contributed by atoms with Crippen LogP contribution in [0.25, 0.3) is 0 Å². The van der Waals surface area contributed by atoms with E-state index in [4.69, 9.17) is 0 Å². The van der Waals surface area contributed by atoms with Gasteiger partial charge in [0.1, 0.15) is 0 Å². The minimum atomic E-state index is -3.17. The molecule has 0 atom stereocenters. The molecule has 0 aromatic heterocycles. The van der Waals surface area contributed by atoms with Crippen molar-refractivity contribution in [1.82, 2.24) is 5.32 Å². The number of halogens is 3. The molecule has 0 heterocycles. The zero-order valence-corrected chi connectivity index (χ0v) is 14.6. The molecule has 0 aliphatic carbocycles. The van der Waals surface area contributed by atoms with Crippen molar-refractivity contribution < 1.29 is 27.5 Å². The van der Waals surface area contributed by atoms with Crippen LogP contribution in [-0.4, -0.2) is 32.5 Å². The van der Waals surface area contributed by atoms with Crippen LogP contribution in [0.15, 0.2) is 42.5 Å². The molecule has 2 rings (SSSR count). The monoisotopic (exact) mass is 381 g/mol. The lowest BCUT2D eigenvalue weighted by Crippen LogP contribution is -2.35. The van der Waals surface area contributed by atoms with Gasteiger partial charge in [0, 0.05) is 38.1 Å². The lowest BCUT2D eigenvalue weighted by molar-refractivity contribution is -0.136. The summed E-state index contributed by atoms with van der Waals surface area (Å²) in [7, 11) is 3.80. The molecule has 0 aliphatic heterocycles. The van der Waals surface area contributed by atoms with Gasteiger partial charge in [0.2, 0.25) is 0 Å². The maximum atomic E-state index is 13.6. The van der Waals surface area contributed by atoms with Crippen LogP contribution in [0.1, 0.15) is 5.56 Å². The molecule has 0 fully saturated rings. The van der Waals surface area contributed by atoms with Crippen LogP contribution < -0.4 is 20.3 Å². The first kappa shape index (κ1) is 20.1. The third-order valence-corrected chi connectivity index (χ3v) is 3.52. The zero-order valence-electron chi connectivity index (χ0n) is 14.6. The SMILES string of the molecule is CN(C)c1ccc(CNC(=O)C(=O)Nc2ccc(OC(F)F)c(F)c2)cc1. The van der Waals surface area contributed by atoms with Gasteiger partial charge in [-0.05, 0) is 29.8 Å². The quantitative estimate of drug-likeness (QED) is 0.755. The van der Waals surface area contributed by atoms with E-state index < -0.39 is 30.0 Å². The summed E-state index contributed by atoms with van der Waals surface area (Å²) in [4.78, 5) is 25.6. The number of anilines is 2. The van der Waals surface area contributed by atoms with E-state index in [-0.39, 0.29) is 12.2 Å². The molecule has 2 amide bonds. The Bertz CT molecular complexity index is 811. The molecule has 0 unspecified atom stereocenters. The molecule has 0 aliphatic rings. The maximum absolute atomic E-state index is 13.6. The van der Waals surface area contributed by atoms with Crippen molar-refractivity contribution in [3.63, 3.8) is 0 Å². The van der Waals surface area contributed by atoms with Gasteiger partial charge in [-0.1, -0.05) is 12.1 Å². The number of carbonyl (C=O) groups excluding carboxylic acids is 2. The second kappa shape index (κ2) is 8.93. The Morgan fingerprint density at radius 2 is 1.74 bits per heavy atom. The van der Waals surface area contributed by atoms with Gasteiger partial charge in [-0.25, -0.2) is 4.39 Å². The Kier molecular flexibility index (Phi) is 6.64. The number of hydrogen-bond acceptors (Lipinski definition) is 4. The summed E-state index contributed by atoms with van der Waals surface area (Å²) in [5, 5.41) is 4.62. The molecule has 2 N–H and O–H groups in total. The van der Waals surface area contributed by atoms with Crippen LogP contribution in [0.2, 0.25) is 0 Å². The van der Waals surface area contributed by atoms with E-state index in [0.29, 0.717) is 0 Å². The number of alkyl halides is 2. The van der Waals surface area contributed by atoms with Crippen molar-refractivity contribution >= 4 is 23.2 Å². The molecule has 2 aromatic rings. The first-order chi connectivity index (χ1) is 12.8. The van der Waals surface area contributed by atoms with Gasteiger partial charge in [0.25, 0.3) is 0 Å². The third-order valence-electron chi connectivity index (χ3n) is 3.52. The van der Waals surface area contributed by atoms with Crippen LogP contribution in [-0.2, 0) is 16.1 Å². The van der Waals surface area contributed by atoms with Crippen molar-refractivity contribution in [2.24, 2.45) is 0 Å². The van der Waals surface area contributed by atoms with E-state index in [1.165, 1.54) is 0 Å². The van der Waals surface area contributed by atoms with Gasteiger partial charge >= 0.3 is 18.4 Å². The minimum Gasteiger partial charge on any atom is -0.432 e. The van der Waals surface area contributed by atoms with Crippen LogP contribution in [0.3, 0.4) is 0 Å². The highest BCUT2D eigenvalue weighted by Gasteiger charge is 2.15. The molecular formula is C18H18F3N3O3. The number of rotatable bonds is 6.